The normalized spacial score (nSPS) is 12.3. The molecule has 0 saturated heterocycles. The van der Waals surface area contributed by atoms with Crippen molar-refractivity contribution in [2.75, 3.05) is 6.61 Å². The summed E-state index contributed by atoms with van der Waals surface area (Å²) in [7, 11) is 0. The summed E-state index contributed by atoms with van der Waals surface area (Å²) in [5.74, 6) is -1.03. The summed E-state index contributed by atoms with van der Waals surface area (Å²) >= 11 is 0. The molecule has 0 fully saturated rings. The fourth-order valence-corrected chi connectivity index (χ4v) is 2.53. The van der Waals surface area contributed by atoms with Gasteiger partial charge in [0.05, 0.1) is 19.1 Å². The Morgan fingerprint density at radius 3 is 2.38 bits per heavy atom. The summed E-state index contributed by atoms with van der Waals surface area (Å²) in [5.41, 5.74) is 2.27. The van der Waals surface area contributed by atoms with Gasteiger partial charge in [-0.25, -0.2) is 4.39 Å². The maximum absolute atomic E-state index is 13.0. The second-order valence-corrected chi connectivity index (χ2v) is 5.82. The van der Waals surface area contributed by atoms with Crippen molar-refractivity contribution in [1.29, 1.82) is 0 Å². The van der Waals surface area contributed by atoms with Gasteiger partial charge in [0.2, 0.25) is 5.91 Å². The number of amides is 1. The molecule has 5 heteroatoms. The summed E-state index contributed by atoms with van der Waals surface area (Å²) in [6.07, 6.45) is 1.49. The molecule has 1 amide bonds. The Hall–Kier alpha value is -2.95. The van der Waals surface area contributed by atoms with Crippen molar-refractivity contribution in [3.05, 3.63) is 77.6 Å². The van der Waals surface area contributed by atoms with Crippen LogP contribution in [0.25, 0.3) is 5.57 Å². The highest BCUT2D eigenvalue weighted by atomic mass is 19.1. The third-order valence-corrected chi connectivity index (χ3v) is 3.84. The number of allylic oxidation sites excluding steroid dienone is 1. The van der Waals surface area contributed by atoms with Gasteiger partial charge in [-0.2, -0.15) is 0 Å². The fourth-order valence-electron chi connectivity index (χ4n) is 2.53. The predicted molar refractivity (Wildman–Crippen MR) is 98.6 cm³/mol. The molecule has 0 bridgehead atoms. The number of esters is 1. The molecule has 0 aromatic heterocycles. The summed E-state index contributed by atoms with van der Waals surface area (Å²) in [6.45, 7) is 3.80. The van der Waals surface area contributed by atoms with E-state index in [1.54, 1.807) is 26.0 Å². The van der Waals surface area contributed by atoms with Gasteiger partial charge in [0.15, 0.2) is 0 Å². The molecule has 0 radical (unpaired) electrons. The quantitative estimate of drug-likeness (QED) is 0.602. The molecular weight excluding hydrogens is 333 g/mol. The highest BCUT2D eigenvalue weighted by Gasteiger charge is 2.18. The lowest BCUT2D eigenvalue weighted by molar-refractivity contribution is -0.143. The van der Waals surface area contributed by atoms with Crippen LogP contribution in [0.5, 0.6) is 0 Å². The van der Waals surface area contributed by atoms with Crippen molar-refractivity contribution in [2.45, 2.75) is 26.3 Å². The molecule has 0 aliphatic rings. The molecule has 0 spiro atoms. The monoisotopic (exact) mass is 355 g/mol. The van der Waals surface area contributed by atoms with E-state index in [-0.39, 0.29) is 30.7 Å². The van der Waals surface area contributed by atoms with Gasteiger partial charge >= 0.3 is 5.97 Å². The summed E-state index contributed by atoms with van der Waals surface area (Å²) < 4.78 is 18.0. The van der Waals surface area contributed by atoms with Crippen molar-refractivity contribution in [1.82, 2.24) is 5.32 Å². The van der Waals surface area contributed by atoms with Crippen LogP contribution in [0.4, 0.5) is 4.39 Å². The van der Waals surface area contributed by atoms with E-state index in [2.05, 4.69) is 5.32 Å². The third-order valence-electron chi connectivity index (χ3n) is 3.84. The molecule has 2 aromatic rings. The lowest BCUT2D eigenvalue weighted by Gasteiger charge is -2.18. The standard InChI is InChI=1S/C21H22FNO3/c1-3-26-21(25)14-19(17-7-5-4-6-8-17)23-20(24)13-15(2)16-9-11-18(22)12-10-16/h4-13,19H,3,14H2,1-2H3,(H,23,24)/b15-13-. The molecule has 0 heterocycles. The van der Waals surface area contributed by atoms with Crippen LogP contribution in [0.15, 0.2) is 60.7 Å². The van der Waals surface area contributed by atoms with Gasteiger partial charge in [0.1, 0.15) is 5.82 Å². The van der Waals surface area contributed by atoms with Crippen LogP contribution in [0.1, 0.15) is 37.4 Å². The molecule has 136 valence electrons. The van der Waals surface area contributed by atoms with Crippen molar-refractivity contribution in [3.8, 4) is 0 Å². The lowest BCUT2D eigenvalue weighted by Crippen LogP contribution is -2.29. The Kier molecular flexibility index (Phi) is 7.09. The maximum Gasteiger partial charge on any atom is 0.308 e. The van der Waals surface area contributed by atoms with Crippen LogP contribution in [0.3, 0.4) is 0 Å². The Labute approximate surface area is 152 Å². The zero-order valence-electron chi connectivity index (χ0n) is 14.9. The zero-order valence-corrected chi connectivity index (χ0v) is 14.9. The second-order valence-electron chi connectivity index (χ2n) is 5.82. The Morgan fingerprint density at radius 1 is 1.12 bits per heavy atom. The number of halogens is 1. The Bertz CT molecular complexity index is 770. The molecule has 0 aliphatic heterocycles. The average Bonchev–Trinajstić information content (AvgIpc) is 2.62. The maximum atomic E-state index is 13.0. The topological polar surface area (TPSA) is 55.4 Å². The van der Waals surface area contributed by atoms with E-state index < -0.39 is 6.04 Å². The van der Waals surface area contributed by atoms with Gasteiger partial charge < -0.3 is 10.1 Å². The first kappa shape index (κ1) is 19.4. The molecule has 1 unspecified atom stereocenters. The van der Waals surface area contributed by atoms with Gasteiger partial charge in [-0.1, -0.05) is 42.5 Å². The minimum atomic E-state index is -0.486. The number of hydrogen-bond acceptors (Lipinski definition) is 3. The second kappa shape index (κ2) is 9.51. The first-order chi connectivity index (χ1) is 12.5. The van der Waals surface area contributed by atoms with E-state index in [1.807, 2.05) is 30.3 Å². The van der Waals surface area contributed by atoms with E-state index in [9.17, 15) is 14.0 Å². The lowest BCUT2D eigenvalue weighted by atomic mass is 10.0. The van der Waals surface area contributed by atoms with Crippen molar-refractivity contribution in [3.63, 3.8) is 0 Å². The number of ether oxygens (including phenoxy) is 1. The highest BCUT2D eigenvalue weighted by Crippen LogP contribution is 2.18. The molecule has 0 saturated carbocycles. The highest BCUT2D eigenvalue weighted by molar-refractivity contribution is 5.95. The van der Waals surface area contributed by atoms with E-state index >= 15 is 0 Å². The molecule has 0 aliphatic carbocycles. The van der Waals surface area contributed by atoms with Crippen molar-refractivity contribution < 1.29 is 18.7 Å². The minimum Gasteiger partial charge on any atom is -0.466 e. The van der Waals surface area contributed by atoms with Gasteiger partial charge in [-0.05, 0) is 42.7 Å². The largest absolute Gasteiger partial charge is 0.466 e. The molecule has 2 rings (SSSR count). The molecule has 1 N–H and O–H groups in total. The van der Waals surface area contributed by atoms with E-state index in [0.717, 1.165) is 11.1 Å². The van der Waals surface area contributed by atoms with Crippen molar-refractivity contribution in [2.24, 2.45) is 0 Å². The van der Waals surface area contributed by atoms with Crippen molar-refractivity contribution >= 4 is 17.4 Å². The van der Waals surface area contributed by atoms with Gasteiger partial charge in [0, 0.05) is 6.08 Å². The van der Waals surface area contributed by atoms with Crippen LogP contribution in [0, 0.1) is 5.82 Å². The summed E-state index contributed by atoms with van der Waals surface area (Å²) in [4.78, 5) is 24.3. The first-order valence-electron chi connectivity index (χ1n) is 8.45. The van der Waals surface area contributed by atoms with E-state index in [1.165, 1.54) is 18.2 Å². The molecule has 4 nitrogen and oxygen atoms in total. The number of nitrogens with one attached hydrogen (secondary N) is 1. The zero-order chi connectivity index (χ0) is 18.9. The fraction of sp³-hybridized carbons (Fsp3) is 0.238. The van der Waals surface area contributed by atoms with E-state index in [4.69, 9.17) is 4.74 Å². The minimum absolute atomic E-state index is 0.0486. The number of hydrogen-bond donors (Lipinski definition) is 1. The summed E-state index contributed by atoms with van der Waals surface area (Å²) in [6, 6.07) is 14.7. The van der Waals surface area contributed by atoms with Gasteiger partial charge in [-0.3, -0.25) is 9.59 Å². The SMILES string of the molecule is CCOC(=O)CC(NC(=O)/C=C(/C)c1ccc(F)cc1)c1ccccc1. The van der Waals surface area contributed by atoms with Crippen LogP contribution in [0.2, 0.25) is 0 Å². The third kappa shape index (κ3) is 5.84. The number of carbonyl (C=O) groups is 2. The van der Waals surface area contributed by atoms with E-state index in [0.29, 0.717) is 5.57 Å². The molecule has 1 atom stereocenters. The Balaban J connectivity index is 2.13. The number of carbonyl (C=O) groups excluding carboxylic acids is 2. The van der Waals surface area contributed by atoms with Crippen LogP contribution in [-0.4, -0.2) is 18.5 Å². The average molecular weight is 355 g/mol. The number of rotatable bonds is 7. The van der Waals surface area contributed by atoms with Gasteiger partial charge in [0.25, 0.3) is 0 Å². The van der Waals surface area contributed by atoms with Gasteiger partial charge in [-0.15, -0.1) is 0 Å². The summed E-state index contributed by atoms with van der Waals surface area (Å²) in [5, 5.41) is 2.84. The van der Waals surface area contributed by atoms with Crippen LogP contribution < -0.4 is 5.32 Å². The smallest absolute Gasteiger partial charge is 0.308 e. The van der Waals surface area contributed by atoms with Crippen LogP contribution >= 0.6 is 0 Å². The van der Waals surface area contributed by atoms with Crippen LogP contribution in [-0.2, 0) is 14.3 Å². The number of benzene rings is 2. The Morgan fingerprint density at radius 2 is 1.77 bits per heavy atom. The first-order valence-corrected chi connectivity index (χ1v) is 8.45. The predicted octanol–water partition coefficient (Wildman–Crippen LogP) is 4.04. The molecular formula is C21H22FNO3. The molecule has 26 heavy (non-hydrogen) atoms. The molecule has 2 aromatic carbocycles.